The summed E-state index contributed by atoms with van der Waals surface area (Å²) in [7, 11) is 0. The number of nitrogens with zero attached hydrogens (tertiary/aromatic N) is 1. The fourth-order valence-electron chi connectivity index (χ4n) is 1.49. The van der Waals surface area contributed by atoms with Crippen molar-refractivity contribution in [2.24, 2.45) is 0 Å². The predicted octanol–water partition coefficient (Wildman–Crippen LogP) is 2.06. The minimum absolute atomic E-state index is 0.0483. The van der Waals surface area contributed by atoms with Crippen LogP contribution < -0.4 is 11.1 Å². The maximum absolute atomic E-state index is 11.6. The van der Waals surface area contributed by atoms with Gasteiger partial charge in [-0.2, -0.15) is 0 Å². The molecule has 0 fully saturated rings. The molecule has 1 amide bonds. The van der Waals surface area contributed by atoms with Crippen LogP contribution in [0.2, 0.25) is 0 Å². The Morgan fingerprint density at radius 1 is 1.65 bits per heavy atom. The van der Waals surface area contributed by atoms with E-state index >= 15 is 0 Å². The Labute approximate surface area is 106 Å². The average Bonchev–Trinajstić information content (AvgIpc) is 2.28. The second kappa shape index (κ2) is 7.17. The van der Waals surface area contributed by atoms with Crippen molar-refractivity contribution in [1.29, 1.82) is 0 Å². The Bertz CT molecular complexity index is 371. The Hall–Kier alpha value is -1.23. The number of aromatic nitrogens is 1. The third-order valence-corrected chi connectivity index (χ3v) is 3.39. The van der Waals surface area contributed by atoms with E-state index in [1.54, 1.807) is 12.4 Å². The largest absolute Gasteiger partial charge is 0.397 e. The number of nitrogens with two attached hydrogens (primary N) is 1. The molecule has 1 aromatic heterocycles. The molecule has 3 N–H and O–H groups in total. The SMILES string of the molecule is CCCC(C)NC(=O)CSc1ccncc1N. The van der Waals surface area contributed by atoms with Crippen molar-refractivity contribution in [3.63, 3.8) is 0 Å². The maximum atomic E-state index is 11.6. The van der Waals surface area contributed by atoms with Crippen LogP contribution in [0.15, 0.2) is 23.4 Å². The normalized spacial score (nSPS) is 12.1. The molecule has 4 nitrogen and oxygen atoms in total. The lowest BCUT2D eigenvalue weighted by Gasteiger charge is -2.12. The molecule has 0 spiro atoms. The van der Waals surface area contributed by atoms with E-state index in [0.29, 0.717) is 11.4 Å². The molecular formula is C12H19N3OS. The number of hydrogen-bond acceptors (Lipinski definition) is 4. The van der Waals surface area contributed by atoms with Crippen molar-refractivity contribution in [3.05, 3.63) is 18.5 Å². The van der Waals surface area contributed by atoms with E-state index in [0.717, 1.165) is 17.7 Å². The Morgan fingerprint density at radius 3 is 3.06 bits per heavy atom. The number of rotatable bonds is 6. The second-order valence-corrected chi connectivity index (χ2v) is 4.98. The molecular weight excluding hydrogens is 234 g/mol. The predicted molar refractivity (Wildman–Crippen MR) is 71.9 cm³/mol. The monoisotopic (exact) mass is 253 g/mol. The highest BCUT2D eigenvalue weighted by Crippen LogP contribution is 2.22. The van der Waals surface area contributed by atoms with Gasteiger partial charge < -0.3 is 11.1 Å². The molecule has 0 aliphatic rings. The summed E-state index contributed by atoms with van der Waals surface area (Å²) in [5.74, 6) is 0.439. The van der Waals surface area contributed by atoms with Gasteiger partial charge in [-0.05, 0) is 19.4 Å². The zero-order valence-electron chi connectivity index (χ0n) is 10.3. The fraction of sp³-hybridized carbons (Fsp3) is 0.500. The molecule has 5 heteroatoms. The van der Waals surface area contributed by atoms with E-state index in [4.69, 9.17) is 5.73 Å². The highest BCUT2D eigenvalue weighted by atomic mass is 32.2. The zero-order chi connectivity index (χ0) is 12.7. The third-order valence-electron chi connectivity index (χ3n) is 2.30. The number of anilines is 1. The van der Waals surface area contributed by atoms with Crippen molar-refractivity contribution in [1.82, 2.24) is 10.3 Å². The van der Waals surface area contributed by atoms with E-state index in [2.05, 4.69) is 17.2 Å². The topological polar surface area (TPSA) is 68.0 Å². The first-order valence-corrected chi connectivity index (χ1v) is 6.73. The van der Waals surface area contributed by atoms with Crippen molar-refractivity contribution in [3.8, 4) is 0 Å². The number of nitrogen functional groups attached to an aromatic ring is 1. The van der Waals surface area contributed by atoms with Crippen LogP contribution in [0.25, 0.3) is 0 Å². The lowest BCUT2D eigenvalue weighted by atomic mass is 10.2. The van der Waals surface area contributed by atoms with Crippen molar-refractivity contribution < 1.29 is 4.79 Å². The van der Waals surface area contributed by atoms with Crippen molar-refractivity contribution in [2.75, 3.05) is 11.5 Å². The molecule has 0 saturated heterocycles. The van der Waals surface area contributed by atoms with Gasteiger partial charge in [0.1, 0.15) is 0 Å². The molecule has 0 aromatic carbocycles. The smallest absolute Gasteiger partial charge is 0.230 e. The minimum Gasteiger partial charge on any atom is -0.397 e. The number of thioether (sulfide) groups is 1. The summed E-state index contributed by atoms with van der Waals surface area (Å²) in [6.07, 6.45) is 5.36. The van der Waals surface area contributed by atoms with E-state index < -0.39 is 0 Å². The molecule has 0 aliphatic heterocycles. The van der Waals surface area contributed by atoms with Gasteiger partial charge in [0.2, 0.25) is 5.91 Å². The summed E-state index contributed by atoms with van der Waals surface area (Å²) in [5, 5.41) is 2.95. The van der Waals surface area contributed by atoms with Gasteiger partial charge in [-0.25, -0.2) is 0 Å². The Morgan fingerprint density at radius 2 is 2.41 bits per heavy atom. The number of nitrogens with one attached hydrogen (secondary N) is 1. The standard InChI is InChI=1S/C12H19N3OS/c1-3-4-9(2)15-12(16)8-17-11-5-6-14-7-10(11)13/h5-7,9H,3-4,8,13H2,1-2H3,(H,15,16). The average molecular weight is 253 g/mol. The van der Waals surface area contributed by atoms with Crippen LogP contribution in [0.4, 0.5) is 5.69 Å². The summed E-state index contributed by atoms with van der Waals surface area (Å²) in [6, 6.07) is 2.06. The molecule has 1 atom stereocenters. The van der Waals surface area contributed by atoms with Gasteiger partial charge in [0.25, 0.3) is 0 Å². The summed E-state index contributed by atoms with van der Waals surface area (Å²) >= 11 is 1.44. The lowest BCUT2D eigenvalue weighted by Crippen LogP contribution is -2.33. The van der Waals surface area contributed by atoms with Crippen LogP contribution in [-0.2, 0) is 4.79 Å². The summed E-state index contributed by atoms with van der Waals surface area (Å²) < 4.78 is 0. The zero-order valence-corrected chi connectivity index (χ0v) is 11.1. The van der Waals surface area contributed by atoms with Crippen LogP contribution in [0, 0.1) is 0 Å². The van der Waals surface area contributed by atoms with Crippen LogP contribution >= 0.6 is 11.8 Å². The first-order chi connectivity index (χ1) is 8.13. The number of hydrogen-bond donors (Lipinski definition) is 2. The Kier molecular flexibility index (Phi) is 5.83. The van der Waals surface area contributed by atoms with Gasteiger partial charge in [0.15, 0.2) is 0 Å². The molecule has 0 bridgehead atoms. The van der Waals surface area contributed by atoms with Gasteiger partial charge in [-0.15, -0.1) is 11.8 Å². The number of carbonyl (C=O) groups is 1. The van der Waals surface area contributed by atoms with Gasteiger partial charge in [-0.3, -0.25) is 9.78 Å². The third kappa shape index (κ3) is 5.08. The fourth-order valence-corrected chi connectivity index (χ4v) is 2.24. The molecule has 94 valence electrons. The minimum atomic E-state index is 0.0483. The molecule has 1 rings (SSSR count). The van der Waals surface area contributed by atoms with Gasteiger partial charge in [0, 0.05) is 17.1 Å². The molecule has 0 radical (unpaired) electrons. The van der Waals surface area contributed by atoms with E-state index in [1.165, 1.54) is 11.8 Å². The van der Waals surface area contributed by atoms with Gasteiger partial charge >= 0.3 is 0 Å². The van der Waals surface area contributed by atoms with Crippen LogP contribution in [-0.4, -0.2) is 22.7 Å². The molecule has 0 saturated carbocycles. The molecule has 1 heterocycles. The first kappa shape index (κ1) is 13.8. The number of carbonyl (C=O) groups excluding carboxylic acids is 1. The molecule has 1 aromatic rings. The number of pyridine rings is 1. The van der Waals surface area contributed by atoms with Crippen LogP contribution in [0.3, 0.4) is 0 Å². The highest BCUT2D eigenvalue weighted by Gasteiger charge is 2.08. The van der Waals surface area contributed by atoms with Crippen molar-refractivity contribution in [2.45, 2.75) is 37.6 Å². The highest BCUT2D eigenvalue weighted by molar-refractivity contribution is 8.00. The van der Waals surface area contributed by atoms with E-state index in [-0.39, 0.29) is 11.9 Å². The summed E-state index contributed by atoms with van der Waals surface area (Å²) in [6.45, 7) is 4.13. The van der Waals surface area contributed by atoms with Crippen molar-refractivity contribution >= 4 is 23.4 Å². The summed E-state index contributed by atoms with van der Waals surface area (Å²) in [4.78, 5) is 16.4. The maximum Gasteiger partial charge on any atom is 0.230 e. The Balaban J connectivity index is 2.36. The molecule has 0 aliphatic carbocycles. The van der Waals surface area contributed by atoms with Gasteiger partial charge in [-0.1, -0.05) is 13.3 Å². The van der Waals surface area contributed by atoms with E-state index in [1.807, 2.05) is 13.0 Å². The van der Waals surface area contributed by atoms with E-state index in [9.17, 15) is 4.79 Å². The van der Waals surface area contributed by atoms with Crippen LogP contribution in [0.1, 0.15) is 26.7 Å². The number of amides is 1. The summed E-state index contributed by atoms with van der Waals surface area (Å²) in [5.41, 5.74) is 6.36. The molecule has 17 heavy (non-hydrogen) atoms. The molecule has 1 unspecified atom stereocenters. The van der Waals surface area contributed by atoms with Crippen LogP contribution in [0.5, 0.6) is 0 Å². The lowest BCUT2D eigenvalue weighted by molar-refractivity contribution is -0.119. The second-order valence-electron chi connectivity index (χ2n) is 3.96. The first-order valence-electron chi connectivity index (χ1n) is 5.75. The quantitative estimate of drug-likeness (QED) is 0.761. The van der Waals surface area contributed by atoms with Gasteiger partial charge in [0.05, 0.1) is 17.6 Å².